The van der Waals surface area contributed by atoms with E-state index in [1.807, 2.05) is 20.8 Å². The Kier molecular flexibility index (Phi) is 5.82. The molecule has 0 amide bonds. The Hall–Kier alpha value is -1.07. The van der Waals surface area contributed by atoms with Crippen LogP contribution in [0.5, 0.6) is 0 Å². The number of rotatable bonds is 6. The quantitative estimate of drug-likeness (QED) is 0.814. The SMILES string of the molecule is COCC(CCCl)Nc1nccn(C(C)(C)C)c1=O. The maximum absolute atomic E-state index is 12.3. The molecule has 5 nitrogen and oxygen atoms in total. The van der Waals surface area contributed by atoms with Gasteiger partial charge in [0, 0.05) is 30.9 Å². The van der Waals surface area contributed by atoms with Crippen molar-refractivity contribution in [3.05, 3.63) is 22.7 Å². The third-order valence-corrected chi connectivity index (χ3v) is 2.95. The molecule has 0 saturated heterocycles. The molecule has 0 fully saturated rings. The highest BCUT2D eigenvalue weighted by atomic mass is 35.5. The molecule has 1 aromatic rings. The molecule has 19 heavy (non-hydrogen) atoms. The second kappa shape index (κ2) is 6.91. The van der Waals surface area contributed by atoms with Gasteiger partial charge in [-0.1, -0.05) is 0 Å². The van der Waals surface area contributed by atoms with E-state index in [2.05, 4.69) is 10.3 Å². The summed E-state index contributed by atoms with van der Waals surface area (Å²) < 4.78 is 6.77. The third-order valence-electron chi connectivity index (χ3n) is 2.73. The Morgan fingerprint density at radius 2 is 2.21 bits per heavy atom. The van der Waals surface area contributed by atoms with E-state index in [4.69, 9.17) is 16.3 Å². The molecular formula is C13H22ClN3O2. The summed E-state index contributed by atoms with van der Waals surface area (Å²) in [5, 5.41) is 3.11. The van der Waals surface area contributed by atoms with Crippen molar-refractivity contribution >= 4 is 17.4 Å². The molecular weight excluding hydrogens is 266 g/mol. The first-order chi connectivity index (χ1) is 8.90. The molecule has 0 spiro atoms. The summed E-state index contributed by atoms with van der Waals surface area (Å²) in [4.78, 5) is 16.4. The van der Waals surface area contributed by atoms with E-state index < -0.39 is 0 Å². The molecule has 1 unspecified atom stereocenters. The molecule has 1 rings (SSSR count). The van der Waals surface area contributed by atoms with Crippen LogP contribution < -0.4 is 10.9 Å². The van der Waals surface area contributed by atoms with E-state index in [1.165, 1.54) is 0 Å². The first kappa shape index (κ1) is 16.0. The van der Waals surface area contributed by atoms with E-state index in [9.17, 15) is 4.79 Å². The smallest absolute Gasteiger partial charge is 0.293 e. The van der Waals surface area contributed by atoms with Gasteiger partial charge in [-0.2, -0.15) is 0 Å². The van der Waals surface area contributed by atoms with E-state index in [0.717, 1.165) is 0 Å². The Labute approximate surface area is 118 Å². The number of aromatic nitrogens is 2. The van der Waals surface area contributed by atoms with Crippen LogP contribution in [0.3, 0.4) is 0 Å². The minimum absolute atomic E-state index is 0.0153. The lowest BCUT2D eigenvalue weighted by molar-refractivity contribution is 0.184. The van der Waals surface area contributed by atoms with Crippen LogP contribution in [0.15, 0.2) is 17.2 Å². The largest absolute Gasteiger partial charge is 0.383 e. The summed E-state index contributed by atoms with van der Waals surface area (Å²) in [5.74, 6) is 0.839. The van der Waals surface area contributed by atoms with Gasteiger partial charge in [-0.15, -0.1) is 11.6 Å². The molecule has 0 radical (unpaired) electrons. The second-order valence-corrected chi connectivity index (χ2v) is 5.77. The Morgan fingerprint density at radius 1 is 1.53 bits per heavy atom. The summed E-state index contributed by atoms with van der Waals surface area (Å²) in [5.41, 5.74) is -0.412. The van der Waals surface area contributed by atoms with Crippen molar-refractivity contribution in [2.45, 2.75) is 38.8 Å². The summed E-state index contributed by atoms with van der Waals surface area (Å²) >= 11 is 5.74. The fourth-order valence-corrected chi connectivity index (χ4v) is 2.03. The zero-order valence-electron chi connectivity index (χ0n) is 11.9. The molecule has 0 aliphatic rings. The molecule has 0 aliphatic heterocycles. The monoisotopic (exact) mass is 287 g/mol. The average molecular weight is 288 g/mol. The summed E-state index contributed by atoms with van der Waals surface area (Å²) in [6.45, 7) is 6.41. The van der Waals surface area contributed by atoms with Gasteiger partial charge < -0.3 is 14.6 Å². The van der Waals surface area contributed by atoms with Gasteiger partial charge in [0.25, 0.3) is 5.56 Å². The van der Waals surface area contributed by atoms with Crippen molar-refractivity contribution in [1.82, 2.24) is 9.55 Å². The Bertz CT molecular complexity index is 448. The molecule has 6 heteroatoms. The molecule has 1 heterocycles. The predicted octanol–water partition coefficient (Wildman–Crippen LogP) is 2.05. The van der Waals surface area contributed by atoms with Crippen LogP contribution >= 0.6 is 11.6 Å². The number of hydrogen-bond donors (Lipinski definition) is 1. The van der Waals surface area contributed by atoms with E-state index in [0.29, 0.717) is 24.7 Å². The highest BCUT2D eigenvalue weighted by molar-refractivity contribution is 6.17. The zero-order valence-corrected chi connectivity index (χ0v) is 12.7. The number of nitrogens with zero attached hydrogens (tertiary/aromatic N) is 2. The maximum atomic E-state index is 12.3. The minimum atomic E-state index is -0.278. The van der Waals surface area contributed by atoms with Crippen LogP contribution in [0, 0.1) is 0 Å². The van der Waals surface area contributed by atoms with Crippen LogP contribution in [0.25, 0.3) is 0 Å². The van der Waals surface area contributed by atoms with Crippen LogP contribution in [-0.2, 0) is 10.3 Å². The molecule has 0 aromatic carbocycles. The molecule has 108 valence electrons. The average Bonchev–Trinajstić information content (AvgIpc) is 2.31. The van der Waals surface area contributed by atoms with Gasteiger partial charge in [0.1, 0.15) is 0 Å². The van der Waals surface area contributed by atoms with E-state index in [1.54, 1.807) is 24.1 Å². The van der Waals surface area contributed by atoms with Crippen LogP contribution in [-0.4, -0.2) is 35.2 Å². The first-order valence-corrected chi connectivity index (χ1v) is 6.83. The molecule has 1 atom stereocenters. The number of anilines is 1. The number of alkyl halides is 1. The van der Waals surface area contributed by atoms with Crippen LogP contribution in [0.4, 0.5) is 5.82 Å². The second-order valence-electron chi connectivity index (χ2n) is 5.40. The van der Waals surface area contributed by atoms with Gasteiger partial charge in [0.2, 0.25) is 0 Å². The Balaban J connectivity index is 2.98. The molecule has 0 bridgehead atoms. The number of nitrogens with one attached hydrogen (secondary N) is 1. The van der Waals surface area contributed by atoms with E-state index >= 15 is 0 Å². The van der Waals surface area contributed by atoms with Gasteiger partial charge >= 0.3 is 0 Å². The lowest BCUT2D eigenvalue weighted by atomic mass is 10.1. The van der Waals surface area contributed by atoms with Gasteiger partial charge in [0.05, 0.1) is 12.6 Å². The van der Waals surface area contributed by atoms with Crippen molar-refractivity contribution in [1.29, 1.82) is 0 Å². The van der Waals surface area contributed by atoms with Crippen molar-refractivity contribution in [2.75, 3.05) is 24.9 Å². The molecule has 1 N–H and O–H groups in total. The number of methoxy groups -OCH3 is 1. The summed E-state index contributed by atoms with van der Waals surface area (Å²) in [6, 6.07) is -0.0153. The number of ether oxygens (including phenoxy) is 1. The van der Waals surface area contributed by atoms with Crippen LogP contribution in [0.2, 0.25) is 0 Å². The standard InChI is InChI=1S/C13H22ClN3O2/c1-13(2,3)17-8-7-15-11(12(17)18)16-10(5-6-14)9-19-4/h7-8,10H,5-6,9H2,1-4H3,(H,15,16). The number of hydrogen-bond acceptors (Lipinski definition) is 4. The molecule has 1 aromatic heterocycles. The predicted molar refractivity (Wildman–Crippen MR) is 78.1 cm³/mol. The number of halogens is 1. The van der Waals surface area contributed by atoms with Gasteiger partial charge in [-0.05, 0) is 27.2 Å². The summed E-state index contributed by atoms with van der Waals surface area (Å²) in [6.07, 6.45) is 4.03. The first-order valence-electron chi connectivity index (χ1n) is 6.29. The highest BCUT2D eigenvalue weighted by Crippen LogP contribution is 2.11. The Morgan fingerprint density at radius 3 is 2.74 bits per heavy atom. The fourth-order valence-electron chi connectivity index (χ4n) is 1.76. The van der Waals surface area contributed by atoms with E-state index in [-0.39, 0.29) is 17.1 Å². The van der Waals surface area contributed by atoms with Crippen LogP contribution in [0.1, 0.15) is 27.2 Å². The van der Waals surface area contributed by atoms with Crippen molar-refractivity contribution in [2.24, 2.45) is 0 Å². The lowest BCUT2D eigenvalue weighted by Gasteiger charge is -2.23. The van der Waals surface area contributed by atoms with Gasteiger partial charge in [0.15, 0.2) is 5.82 Å². The fraction of sp³-hybridized carbons (Fsp3) is 0.692. The molecule has 0 saturated carbocycles. The van der Waals surface area contributed by atoms with Crippen molar-refractivity contribution < 1.29 is 4.74 Å². The highest BCUT2D eigenvalue weighted by Gasteiger charge is 2.18. The normalized spacial score (nSPS) is 13.3. The molecule has 0 aliphatic carbocycles. The van der Waals surface area contributed by atoms with Gasteiger partial charge in [-0.3, -0.25) is 4.79 Å². The lowest BCUT2D eigenvalue weighted by Crippen LogP contribution is -2.37. The third kappa shape index (κ3) is 4.51. The zero-order chi connectivity index (χ0) is 14.5. The van der Waals surface area contributed by atoms with Gasteiger partial charge in [-0.25, -0.2) is 4.98 Å². The minimum Gasteiger partial charge on any atom is -0.383 e. The maximum Gasteiger partial charge on any atom is 0.293 e. The topological polar surface area (TPSA) is 56.1 Å². The van der Waals surface area contributed by atoms with Crippen molar-refractivity contribution in [3.8, 4) is 0 Å². The van der Waals surface area contributed by atoms with Crippen molar-refractivity contribution in [3.63, 3.8) is 0 Å². The summed E-state index contributed by atoms with van der Waals surface area (Å²) in [7, 11) is 1.62.